The van der Waals surface area contributed by atoms with E-state index in [1.54, 1.807) is 6.20 Å². The zero-order valence-corrected chi connectivity index (χ0v) is 10.7. The minimum absolute atomic E-state index is 0.0235. The van der Waals surface area contributed by atoms with E-state index in [1.807, 2.05) is 40.9 Å². The number of amides is 1. The molecule has 6 heteroatoms. The average molecular weight is 260 g/mol. The van der Waals surface area contributed by atoms with Crippen molar-refractivity contribution in [3.8, 4) is 0 Å². The van der Waals surface area contributed by atoms with Crippen molar-refractivity contribution in [3.63, 3.8) is 0 Å². The number of nitrogens with zero attached hydrogens (tertiary/aromatic N) is 3. The Hall–Kier alpha value is -2.08. The number of hydrogen-bond donors (Lipinski definition) is 1. The Labute approximate surface area is 111 Å². The van der Waals surface area contributed by atoms with Gasteiger partial charge < -0.3 is 14.2 Å². The number of rotatable bonds is 2. The summed E-state index contributed by atoms with van der Waals surface area (Å²) in [6.45, 7) is 1.66. The van der Waals surface area contributed by atoms with E-state index in [0.29, 0.717) is 25.5 Å². The summed E-state index contributed by atoms with van der Waals surface area (Å²) in [7, 11) is 1.87. The van der Waals surface area contributed by atoms with Crippen LogP contribution in [0.15, 0.2) is 30.6 Å². The molecule has 19 heavy (non-hydrogen) atoms. The Balaban J connectivity index is 1.89. The lowest BCUT2D eigenvalue weighted by atomic mass is 10.1. The molecule has 3 rings (SSSR count). The number of aromatic nitrogens is 3. The standard InChI is InChI=1S/C13H16N4O2/c1-16-6-2-3-11(16)13(18)17-7-8-19-9-12(17)10-4-5-14-15-10/h2-6,12H,7-9H2,1H3,(H,14,15). The Morgan fingerprint density at radius 1 is 1.53 bits per heavy atom. The van der Waals surface area contributed by atoms with Crippen molar-refractivity contribution in [2.45, 2.75) is 6.04 Å². The molecule has 0 spiro atoms. The van der Waals surface area contributed by atoms with E-state index in [9.17, 15) is 4.79 Å². The molecule has 1 amide bonds. The van der Waals surface area contributed by atoms with Crippen molar-refractivity contribution in [2.24, 2.45) is 7.05 Å². The van der Waals surface area contributed by atoms with Crippen LogP contribution in [0.25, 0.3) is 0 Å². The first kappa shape index (κ1) is 12.0. The molecular weight excluding hydrogens is 244 g/mol. The fraction of sp³-hybridized carbons (Fsp3) is 0.385. The number of nitrogens with one attached hydrogen (secondary N) is 1. The Morgan fingerprint density at radius 2 is 2.42 bits per heavy atom. The van der Waals surface area contributed by atoms with Crippen molar-refractivity contribution >= 4 is 5.91 Å². The van der Waals surface area contributed by atoms with E-state index in [4.69, 9.17) is 4.74 Å². The van der Waals surface area contributed by atoms with Crippen LogP contribution in [0.4, 0.5) is 0 Å². The van der Waals surface area contributed by atoms with Gasteiger partial charge in [-0.25, -0.2) is 0 Å². The SMILES string of the molecule is Cn1cccc1C(=O)N1CCOCC1c1ccn[nH]1. The molecule has 100 valence electrons. The summed E-state index contributed by atoms with van der Waals surface area (Å²) in [4.78, 5) is 14.4. The molecule has 1 aliphatic rings. The van der Waals surface area contributed by atoms with Crippen LogP contribution < -0.4 is 0 Å². The lowest BCUT2D eigenvalue weighted by molar-refractivity contribution is -0.00440. The van der Waals surface area contributed by atoms with Gasteiger partial charge in [0, 0.05) is 26.0 Å². The third-order valence-corrected chi connectivity index (χ3v) is 3.43. The molecule has 0 aliphatic carbocycles. The lowest BCUT2D eigenvalue weighted by Crippen LogP contribution is -2.44. The maximum atomic E-state index is 12.6. The van der Waals surface area contributed by atoms with Crippen LogP contribution in [0, 0.1) is 0 Å². The quantitative estimate of drug-likeness (QED) is 0.875. The molecule has 0 aromatic carbocycles. The van der Waals surface area contributed by atoms with Crippen LogP contribution in [0.2, 0.25) is 0 Å². The van der Waals surface area contributed by atoms with Gasteiger partial charge in [-0.15, -0.1) is 0 Å². The van der Waals surface area contributed by atoms with Gasteiger partial charge in [0.1, 0.15) is 5.69 Å². The molecule has 0 bridgehead atoms. The second-order valence-electron chi connectivity index (χ2n) is 4.61. The van der Waals surface area contributed by atoms with E-state index in [0.717, 1.165) is 5.69 Å². The summed E-state index contributed by atoms with van der Waals surface area (Å²) in [6, 6.07) is 5.49. The van der Waals surface area contributed by atoms with Gasteiger partial charge in [-0.1, -0.05) is 0 Å². The van der Waals surface area contributed by atoms with E-state index < -0.39 is 0 Å². The number of carbonyl (C=O) groups excluding carboxylic acids is 1. The smallest absolute Gasteiger partial charge is 0.271 e. The van der Waals surface area contributed by atoms with Crippen LogP contribution in [0.1, 0.15) is 22.2 Å². The fourth-order valence-electron chi connectivity index (χ4n) is 2.39. The molecule has 2 aromatic heterocycles. The van der Waals surface area contributed by atoms with Crippen LogP contribution in [0.5, 0.6) is 0 Å². The first-order valence-electron chi connectivity index (χ1n) is 6.26. The summed E-state index contributed by atoms with van der Waals surface area (Å²) in [5.41, 5.74) is 1.59. The maximum Gasteiger partial charge on any atom is 0.271 e. The van der Waals surface area contributed by atoms with E-state index in [1.165, 1.54) is 0 Å². The van der Waals surface area contributed by atoms with E-state index in [2.05, 4.69) is 10.2 Å². The molecule has 2 aromatic rings. The number of morpholine rings is 1. The highest BCUT2D eigenvalue weighted by atomic mass is 16.5. The average Bonchev–Trinajstić information content (AvgIpc) is 3.09. The van der Waals surface area contributed by atoms with Gasteiger partial charge >= 0.3 is 0 Å². The van der Waals surface area contributed by atoms with Crippen LogP contribution in [-0.4, -0.2) is 45.3 Å². The minimum Gasteiger partial charge on any atom is -0.377 e. The summed E-state index contributed by atoms with van der Waals surface area (Å²) in [5.74, 6) is 0.0235. The van der Waals surface area contributed by atoms with Crippen molar-refractivity contribution in [2.75, 3.05) is 19.8 Å². The summed E-state index contributed by atoms with van der Waals surface area (Å²) in [6.07, 6.45) is 3.56. The molecule has 6 nitrogen and oxygen atoms in total. The Morgan fingerprint density at radius 3 is 3.11 bits per heavy atom. The Kier molecular flexibility index (Phi) is 3.08. The van der Waals surface area contributed by atoms with Gasteiger partial charge in [0.05, 0.1) is 24.9 Å². The molecule has 1 unspecified atom stereocenters. The van der Waals surface area contributed by atoms with Gasteiger partial charge in [-0.2, -0.15) is 5.10 Å². The first-order chi connectivity index (χ1) is 9.27. The third-order valence-electron chi connectivity index (χ3n) is 3.43. The van der Waals surface area contributed by atoms with Gasteiger partial charge in [0.15, 0.2) is 0 Å². The van der Waals surface area contributed by atoms with Gasteiger partial charge in [-0.3, -0.25) is 9.89 Å². The monoisotopic (exact) mass is 260 g/mol. The van der Waals surface area contributed by atoms with Crippen molar-refractivity contribution in [1.82, 2.24) is 19.7 Å². The maximum absolute atomic E-state index is 12.6. The summed E-state index contributed by atoms with van der Waals surface area (Å²) >= 11 is 0. The van der Waals surface area contributed by atoms with Crippen LogP contribution in [-0.2, 0) is 11.8 Å². The van der Waals surface area contributed by atoms with E-state index >= 15 is 0 Å². The number of aryl methyl sites for hydroxylation is 1. The van der Waals surface area contributed by atoms with E-state index in [-0.39, 0.29) is 11.9 Å². The molecule has 1 fully saturated rings. The molecule has 0 radical (unpaired) electrons. The molecule has 1 atom stereocenters. The van der Waals surface area contributed by atoms with Crippen LogP contribution >= 0.6 is 0 Å². The Bertz CT molecular complexity index is 561. The summed E-state index contributed by atoms with van der Waals surface area (Å²) < 4.78 is 7.32. The predicted octanol–water partition coefficient (Wildman–Crippen LogP) is 0.962. The number of hydrogen-bond acceptors (Lipinski definition) is 3. The second-order valence-corrected chi connectivity index (χ2v) is 4.61. The topological polar surface area (TPSA) is 63.1 Å². The highest BCUT2D eigenvalue weighted by Gasteiger charge is 2.31. The van der Waals surface area contributed by atoms with Crippen molar-refractivity contribution in [1.29, 1.82) is 0 Å². The van der Waals surface area contributed by atoms with Crippen LogP contribution in [0.3, 0.4) is 0 Å². The fourth-order valence-corrected chi connectivity index (χ4v) is 2.39. The molecule has 1 saturated heterocycles. The molecular formula is C13H16N4O2. The number of aromatic amines is 1. The van der Waals surface area contributed by atoms with Gasteiger partial charge in [-0.05, 0) is 18.2 Å². The normalized spacial score (nSPS) is 19.6. The molecule has 0 saturated carbocycles. The highest BCUT2D eigenvalue weighted by molar-refractivity contribution is 5.93. The largest absolute Gasteiger partial charge is 0.377 e. The highest BCUT2D eigenvalue weighted by Crippen LogP contribution is 2.24. The molecule has 3 heterocycles. The number of H-pyrrole nitrogens is 1. The molecule has 1 aliphatic heterocycles. The van der Waals surface area contributed by atoms with Crippen molar-refractivity contribution < 1.29 is 9.53 Å². The summed E-state index contributed by atoms with van der Waals surface area (Å²) in [5, 5.41) is 6.87. The number of carbonyl (C=O) groups is 1. The van der Waals surface area contributed by atoms with Gasteiger partial charge in [0.25, 0.3) is 5.91 Å². The van der Waals surface area contributed by atoms with Gasteiger partial charge in [0.2, 0.25) is 0 Å². The number of ether oxygens (including phenoxy) is 1. The minimum atomic E-state index is -0.0985. The first-order valence-corrected chi connectivity index (χ1v) is 6.26. The zero-order valence-electron chi connectivity index (χ0n) is 10.7. The predicted molar refractivity (Wildman–Crippen MR) is 68.6 cm³/mol. The second kappa shape index (κ2) is 4.89. The zero-order chi connectivity index (χ0) is 13.2. The lowest BCUT2D eigenvalue weighted by Gasteiger charge is -2.34. The third kappa shape index (κ3) is 2.15. The van der Waals surface area contributed by atoms with Crippen molar-refractivity contribution in [3.05, 3.63) is 42.0 Å². The molecule has 1 N–H and O–H groups in total.